The number of rotatable bonds is 14. The quantitative estimate of drug-likeness (QED) is 0.102. The average Bonchev–Trinajstić information content (AvgIpc) is 2.84. The van der Waals surface area contributed by atoms with Gasteiger partial charge in [-0.1, -0.05) is 24.4 Å². The number of nitrogens with two attached hydrogens (primary N) is 3. The Bertz CT molecular complexity index is 983. The molecule has 0 aliphatic carbocycles. The maximum absolute atomic E-state index is 11.3. The Morgan fingerprint density at radius 1 is 1.08 bits per heavy atom. The zero-order valence-electron chi connectivity index (χ0n) is 20.1. The number of aromatic nitrogens is 1. The minimum Gasteiger partial charge on any atom is -1.00 e. The van der Waals surface area contributed by atoms with Crippen molar-refractivity contribution in [2.75, 3.05) is 24.6 Å². The Labute approximate surface area is 223 Å². The summed E-state index contributed by atoms with van der Waals surface area (Å²) in [5.41, 5.74) is 17.6. The van der Waals surface area contributed by atoms with Crippen LogP contribution in [0.25, 0.3) is 0 Å². The number of hydrogen-bond donors (Lipinski definition) is 3. The van der Waals surface area contributed by atoms with Gasteiger partial charge >= 0.3 is 12.3 Å². The van der Waals surface area contributed by atoms with E-state index >= 15 is 0 Å². The maximum Gasteiger partial charge on any atom is 0.409 e. The molecule has 0 spiro atoms. The van der Waals surface area contributed by atoms with Crippen LogP contribution in [0.1, 0.15) is 44.8 Å². The van der Waals surface area contributed by atoms with Crippen LogP contribution in [0.4, 0.5) is 10.5 Å². The molecule has 2 rings (SSSR count). The number of pyridine rings is 1. The van der Waals surface area contributed by atoms with Crippen LogP contribution in [-0.2, 0) is 4.74 Å². The highest BCUT2D eigenvalue weighted by atomic mass is 35.5. The molecule has 196 valence electrons. The molecule has 36 heavy (non-hydrogen) atoms. The van der Waals surface area contributed by atoms with E-state index in [4.69, 9.17) is 43.5 Å². The van der Waals surface area contributed by atoms with E-state index in [-0.39, 0.29) is 18.4 Å². The molecule has 10 nitrogen and oxygen atoms in total. The highest BCUT2D eigenvalue weighted by Crippen LogP contribution is 2.17. The van der Waals surface area contributed by atoms with Crippen molar-refractivity contribution in [3.8, 4) is 11.9 Å². The summed E-state index contributed by atoms with van der Waals surface area (Å²) in [6.45, 7) is 1.69. The fraction of sp³-hybridized carbons (Fsp3) is 0.417. The van der Waals surface area contributed by atoms with Crippen molar-refractivity contribution < 1.29 is 31.2 Å². The van der Waals surface area contributed by atoms with E-state index < -0.39 is 12.3 Å². The molecule has 1 heterocycles. The van der Waals surface area contributed by atoms with Crippen molar-refractivity contribution in [1.29, 1.82) is 5.26 Å². The molecule has 1 aromatic carbocycles. The molecule has 0 bridgehead atoms. The highest BCUT2D eigenvalue weighted by Gasteiger charge is 2.22. The zero-order valence-corrected chi connectivity index (χ0v) is 21.6. The van der Waals surface area contributed by atoms with Crippen LogP contribution >= 0.6 is 11.6 Å². The Balaban J connectivity index is 0.00000648. The van der Waals surface area contributed by atoms with Gasteiger partial charge in [-0.05, 0) is 50.1 Å². The van der Waals surface area contributed by atoms with Gasteiger partial charge in [0.1, 0.15) is 5.75 Å². The number of ether oxygens (including phenoxy) is 2. The zero-order chi connectivity index (χ0) is 25.5. The number of nitriles is 1. The molecular formula is C24H33Cl2N7O3. The lowest BCUT2D eigenvalue weighted by atomic mass is 10.2. The number of unbranched alkanes of at least 4 members (excludes halogenated alkanes) is 3. The fourth-order valence-electron chi connectivity index (χ4n) is 3.43. The molecule has 1 amide bonds. The number of nitrogens with zero attached hydrogens (tertiary/aromatic N) is 4. The first-order chi connectivity index (χ1) is 16.9. The van der Waals surface area contributed by atoms with Crippen molar-refractivity contribution in [2.45, 2.75) is 44.8 Å². The van der Waals surface area contributed by atoms with Gasteiger partial charge in [0.25, 0.3) is 0 Å². The predicted octanol–water partition coefficient (Wildman–Crippen LogP) is 0.206. The molecule has 0 saturated carbocycles. The molecule has 1 atom stereocenters. The van der Waals surface area contributed by atoms with Gasteiger partial charge in [0.15, 0.2) is 12.4 Å². The normalized spacial score (nSPS) is 11.6. The van der Waals surface area contributed by atoms with E-state index in [0.717, 1.165) is 37.1 Å². The predicted molar refractivity (Wildman–Crippen MR) is 135 cm³/mol. The lowest BCUT2D eigenvalue weighted by Crippen LogP contribution is -3.00. The number of amides is 1. The third kappa shape index (κ3) is 11.0. The van der Waals surface area contributed by atoms with Gasteiger partial charge in [-0.15, -0.1) is 4.99 Å². The van der Waals surface area contributed by atoms with Gasteiger partial charge in [-0.2, -0.15) is 9.83 Å². The van der Waals surface area contributed by atoms with Gasteiger partial charge in [0.05, 0.1) is 18.7 Å². The smallest absolute Gasteiger partial charge is 0.409 e. The number of primary amides is 1. The first kappa shape index (κ1) is 30.8. The van der Waals surface area contributed by atoms with Crippen molar-refractivity contribution in [2.24, 2.45) is 22.2 Å². The lowest BCUT2D eigenvalue weighted by Gasteiger charge is -2.22. The van der Waals surface area contributed by atoms with Crippen LogP contribution in [0.2, 0.25) is 5.02 Å². The highest BCUT2D eigenvalue weighted by molar-refractivity contribution is 6.30. The molecule has 0 aliphatic rings. The minimum absolute atomic E-state index is 0. The summed E-state index contributed by atoms with van der Waals surface area (Å²) >= 11 is 5.88. The Morgan fingerprint density at radius 3 is 2.36 bits per heavy atom. The number of anilines is 1. The monoisotopic (exact) mass is 537 g/mol. The third-order valence-electron chi connectivity index (χ3n) is 5.19. The molecule has 0 fully saturated rings. The first-order valence-electron chi connectivity index (χ1n) is 11.5. The molecular weight excluding hydrogens is 505 g/mol. The van der Waals surface area contributed by atoms with E-state index in [2.05, 4.69) is 4.99 Å². The van der Waals surface area contributed by atoms with Crippen molar-refractivity contribution in [3.05, 3.63) is 53.8 Å². The standard InChI is InChI=1S/C24H32ClN7O3.ClH/c25-19-7-9-21(10-8-19)34-17-4-2-1-3-14-32(23(28)30-18-27)20-11-15-31(16-12-20)22(6-5-13-26)35-24(29)33;/h7-12,15-16,22H,1-6,13-14,17,26H2,(H3-,28,29,30,33);1H. The van der Waals surface area contributed by atoms with E-state index in [1.807, 2.05) is 24.3 Å². The summed E-state index contributed by atoms with van der Waals surface area (Å²) in [6.07, 6.45) is 8.77. The lowest BCUT2D eigenvalue weighted by molar-refractivity contribution is -0.757. The number of halogens is 2. The molecule has 0 saturated heterocycles. The molecule has 0 aliphatic heterocycles. The summed E-state index contributed by atoms with van der Waals surface area (Å²) in [4.78, 5) is 16.7. The molecule has 1 unspecified atom stereocenters. The van der Waals surface area contributed by atoms with Gasteiger partial charge < -0.3 is 44.0 Å². The molecule has 6 N–H and O–H groups in total. The topological polar surface area (TPSA) is 157 Å². The summed E-state index contributed by atoms with van der Waals surface area (Å²) in [7, 11) is 0. The van der Waals surface area contributed by atoms with Crippen LogP contribution in [0.15, 0.2) is 53.8 Å². The SMILES string of the molecule is N#CN=C(N)N(CCCCCCOc1ccc(Cl)cc1)c1cc[n+](C(CCCN)OC(N)=O)cc1.[Cl-]. The van der Waals surface area contributed by atoms with E-state index in [0.29, 0.717) is 37.6 Å². The number of guanidine groups is 1. The minimum atomic E-state index is -0.853. The number of aliphatic imine (C=N–C) groups is 1. The molecule has 12 heteroatoms. The summed E-state index contributed by atoms with van der Waals surface area (Å²) < 4.78 is 12.6. The van der Waals surface area contributed by atoms with Crippen LogP contribution < -0.4 is 43.8 Å². The largest absolute Gasteiger partial charge is 1.00 e. The van der Waals surface area contributed by atoms with Crippen LogP contribution in [0.3, 0.4) is 0 Å². The average molecular weight is 538 g/mol. The fourth-order valence-corrected chi connectivity index (χ4v) is 3.56. The second kappa shape index (κ2) is 17.2. The van der Waals surface area contributed by atoms with Crippen molar-refractivity contribution in [3.63, 3.8) is 0 Å². The molecule has 2 aromatic rings. The molecule has 0 radical (unpaired) electrons. The number of carbonyl (C=O) groups excluding carboxylic acids is 1. The number of benzene rings is 1. The van der Waals surface area contributed by atoms with Crippen LogP contribution in [-0.4, -0.2) is 31.7 Å². The third-order valence-corrected chi connectivity index (χ3v) is 5.44. The summed E-state index contributed by atoms with van der Waals surface area (Å²) in [5.74, 6) is 0.915. The van der Waals surface area contributed by atoms with Gasteiger partial charge in [-0.25, -0.2) is 4.79 Å². The Hall–Kier alpha value is -3.26. The Morgan fingerprint density at radius 2 is 1.75 bits per heavy atom. The van der Waals surface area contributed by atoms with Crippen LogP contribution in [0, 0.1) is 11.5 Å². The van der Waals surface area contributed by atoms with Crippen molar-refractivity contribution >= 4 is 29.3 Å². The number of carbonyl (C=O) groups is 1. The van der Waals surface area contributed by atoms with Gasteiger partial charge in [0, 0.05) is 23.7 Å². The number of hydrogen-bond acceptors (Lipinski definition) is 6. The summed E-state index contributed by atoms with van der Waals surface area (Å²) in [6, 6.07) is 10.9. The first-order valence-corrected chi connectivity index (χ1v) is 11.9. The van der Waals surface area contributed by atoms with Gasteiger partial charge in [0.2, 0.25) is 12.2 Å². The van der Waals surface area contributed by atoms with Crippen LogP contribution in [0.5, 0.6) is 5.75 Å². The second-order valence-electron chi connectivity index (χ2n) is 7.76. The van der Waals surface area contributed by atoms with E-state index in [9.17, 15) is 4.79 Å². The van der Waals surface area contributed by atoms with E-state index in [1.54, 1.807) is 40.2 Å². The van der Waals surface area contributed by atoms with Crippen molar-refractivity contribution in [1.82, 2.24) is 0 Å². The Kier molecular flexibility index (Phi) is 14.7. The summed E-state index contributed by atoms with van der Waals surface area (Å²) in [5, 5.41) is 9.63. The van der Waals surface area contributed by atoms with E-state index in [1.165, 1.54) is 0 Å². The second-order valence-corrected chi connectivity index (χ2v) is 8.20. The maximum atomic E-state index is 11.3. The molecule has 1 aromatic heterocycles. The van der Waals surface area contributed by atoms with Gasteiger partial charge in [-0.3, -0.25) is 0 Å².